The van der Waals surface area contributed by atoms with Crippen LogP contribution in [0.3, 0.4) is 0 Å². The van der Waals surface area contributed by atoms with Gasteiger partial charge in [0.25, 0.3) is 5.91 Å². The van der Waals surface area contributed by atoms with Gasteiger partial charge < -0.3 is 24.4 Å². The minimum absolute atomic E-state index is 0.128. The topological polar surface area (TPSA) is 96.4 Å². The van der Waals surface area contributed by atoms with E-state index in [-0.39, 0.29) is 13.2 Å². The molecule has 3 aliphatic heterocycles. The third kappa shape index (κ3) is 4.66. The molecule has 42 heavy (non-hydrogen) atoms. The maximum absolute atomic E-state index is 14.8. The van der Waals surface area contributed by atoms with E-state index in [1.54, 1.807) is 36.4 Å². The molecule has 2 bridgehead atoms. The lowest BCUT2D eigenvalue weighted by atomic mass is 9.65. The predicted molar refractivity (Wildman–Crippen MR) is 160 cm³/mol. The summed E-state index contributed by atoms with van der Waals surface area (Å²) in [7, 11) is 0. The molecule has 2 unspecified atom stereocenters. The summed E-state index contributed by atoms with van der Waals surface area (Å²) in [6.45, 7) is 9.30. The summed E-state index contributed by atoms with van der Waals surface area (Å²) in [5, 5.41) is 11.1. The first-order chi connectivity index (χ1) is 20.3. The molecule has 1 N–H and O–H groups in total. The fourth-order valence-electron chi connectivity index (χ4n) is 7.25. The number of rotatable bonds is 12. The molecule has 2 aromatic carbocycles. The second-order valence-corrected chi connectivity index (χ2v) is 11.5. The highest BCUT2D eigenvalue weighted by Gasteiger charge is 2.79. The number of halogens is 1. The number of benzene rings is 2. The molecule has 3 aliphatic rings. The van der Waals surface area contributed by atoms with E-state index in [9.17, 15) is 19.5 Å². The molecule has 2 aromatic rings. The van der Waals surface area contributed by atoms with Crippen molar-refractivity contribution in [2.24, 2.45) is 11.8 Å². The minimum Gasteiger partial charge on any atom is -0.465 e. The smallest absolute Gasteiger partial charge is 0.312 e. The number of para-hydroxylation sites is 1. The molecule has 2 amide bonds. The van der Waals surface area contributed by atoms with E-state index in [2.05, 4.69) is 13.2 Å². The number of fused-ring (bicyclic) bond motifs is 1. The number of hydrogen-bond acceptors (Lipinski definition) is 6. The third-order valence-electron chi connectivity index (χ3n) is 9.09. The molecule has 6 atom stereocenters. The summed E-state index contributed by atoms with van der Waals surface area (Å²) < 4.78 is 12.5. The number of carbonyl (C=O) groups is 3. The third-order valence-corrected chi connectivity index (χ3v) is 9.41. The van der Waals surface area contributed by atoms with Gasteiger partial charge in [-0.05, 0) is 43.4 Å². The first kappa shape index (κ1) is 30.0. The molecule has 0 saturated carbocycles. The van der Waals surface area contributed by atoms with Gasteiger partial charge in [-0.2, -0.15) is 0 Å². The SMILES string of the molecule is C=CCCOC(=O)[C@@H]1[C@H]2C(=O)N([C@H](CO)c3ccccc3)C(C(=O)N(CC=C)c3ccccc3Cl)C23CC[C@@]1(CC)O3. The van der Waals surface area contributed by atoms with Crippen molar-refractivity contribution in [3.63, 3.8) is 0 Å². The van der Waals surface area contributed by atoms with Gasteiger partial charge in [-0.1, -0.05) is 73.1 Å². The van der Waals surface area contributed by atoms with E-state index >= 15 is 0 Å². The first-order valence-corrected chi connectivity index (χ1v) is 14.8. The molecular formula is C33H37ClN2O6. The second kappa shape index (κ2) is 12.0. The molecule has 0 aliphatic carbocycles. The van der Waals surface area contributed by atoms with E-state index in [1.165, 1.54) is 9.80 Å². The van der Waals surface area contributed by atoms with E-state index in [0.29, 0.717) is 42.0 Å². The zero-order valence-electron chi connectivity index (χ0n) is 23.8. The zero-order chi connectivity index (χ0) is 30.1. The van der Waals surface area contributed by atoms with Crippen LogP contribution in [0.5, 0.6) is 0 Å². The van der Waals surface area contributed by atoms with Crippen molar-refractivity contribution in [2.75, 3.05) is 24.7 Å². The summed E-state index contributed by atoms with van der Waals surface area (Å²) in [5.74, 6) is -3.18. The van der Waals surface area contributed by atoms with Gasteiger partial charge in [-0.15, -0.1) is 13.2 Å². The van der Waals surface area contributed by atoms with Crippen LogP contribution in [0.25, 0.3) is 0 Å². The van der Waals surface area contributed by atoms with Gasteiger partial charge in [0, 0.05) is 6.54 Å². The monoisotopic (exact) mass is 592 g/mol. The van der Waals surface area contributed by atoms with Crippen molar-refractivity contribution in [3.05, 3.63) is 90.5 Å². The number of esters is 1. The van der Waals surface area contributed by atoms with Crippen molar-refractivity contribution in [2.45, 2.75) is 55.9 Å². The van der Waals surface area contributed by atoms with Crippen molar-refractivity contribution >= 4 is 35.1 Å². The summed E-state index contributed by atoms with van der Waals surface area (Å²) in [5.41, 5.74) is -1.10. The molecule has 222 valence electrons. The standard InChI is InChI=1S/C33H37ClN2O6/c1-4-7-20-41-31(40)27-26-29(38)36(25(21-37)22-13-9-8-10-14-22)28(33(26)18-17-32(27,6-3)42-33)30(39)35(19-5-2)24-16-12-11-15-23(24)34/h4-5,8-16,25-28,37H,1-2,6-7,17-21H2,3H3/t25-,26+,27+,28?,32-,33?/m1/s1. The molecule has 5 rings (SSSR count). The van der Waals surface area contributed by atoms with Crippen LogP contribution in [0.2, 0.25) is 5.02 Å². The number of carbonyl (C=O) groups excluding carboxylic acids is 3. The van der Waals surface area contributed by atoms with Crippen molar-refractivity contribution in [3.8, 4) is 0 Å². The lowest BCUT2D eigenvalue weighted by Crippen LogP contribution is -2.57. The van der Waals surface area contributed by atoms with Crippen LogP contribution in [-0.2, 0) is 23.9 Å². The summed E-state index contributed by atoms with van der Waals surface area (Å²) >= 11 is 6.57. The van der Waals surface area contributed by atoms with E-state index in [4.69, 9.17) is 21.1 Å². The predicted octanol–water partition coefficient (Wildman–Crippen LogP) is 4.87. The molecule has 1 spiro atoms. The fraction of sp³-hybridized carbons (Fsp3) is 0.424. The minimum atomic E-state index is -1.30. The average molecular weight is 593 g/mol. The Labute approximate surface area is 251 Å². The van der Waals surface area contributed by atoms with Gasteiger partial charge >= 0.3 is 5.97 Å². The number of nitrogens with zero attached hydrogens (tertiary/aromatic N) is 2. The lowest BCUT2D eigenvalue weighted by Gasteiger charge is -2.39. The molecule has 0 aromatic heterocycles. The average Bonchev–Trinajstić information content (AvgIpc) is 3.61. The molecule has 3 fully saturated rings. The van der Waals surface area contributed by atoms with Crippen LogP contribution < -0.4 is 4.90 Å². The van der Waals surface area contributed by atoms with Gasteiger partial charge in [0.15, 0.2) is 0 Å². The molecule has 0 radical (unpaired) electrons. The summed E-state index contributed by atoms with van der Waals surface area (Å²) in [4.78, 5) is 46.1. The highest BCUT2D eigenvalue weighted by atomic mass is 35.5. The Morgan fingerprint density at radius 1 is 1.17 bits per heavy atom. The van der Waals surface area contributed by atoms with Gasteiger partial charge in [0.05, 0.1) is 41.5 Å². The Morgan fingerprint density at radius 2 is 1.88 bits per heavy atom. The van der Waals surface area contributed by atoms with Gasteiger partial charge in [-0.3, -0.25) is 14.4 Å². The number of hydrogen-bond donors (Lipinski definition) is 1. The largest absolute Gasteiger partial charge is 0.465 e. The number of ether oxygens (including phenoxy) is 2. The summed E-state index contributed by atoms with van der Waals surface area (Å²) in [6, 6.07) is 14.1. The number of anilines is 1. The Kier molecular flexibility index (Phi) is 8.60. The van der Waals surface area contributed by atoms with E-state index in [0.717, 1.165) is 0 Å². The quantitative estimate of drug-likeness (QED) is 0.215. The number of aliphatic hydroxyl groups excluding tert-OH is 1. The maximum atomic E-state index is 14.8. The number of likely N-dealkylation sites (tertiary alicyclic amines) is 1. The molecule has 8 nitrogen and oxygen atoms in total. The molecule has 9 heteroatoms. The number of aliphatic hydroxyl groups is 1. The molecule has 3 heterocycles. The van der Waals surface area contributed by atoms with Crippen molar-refractivity contribution < 1.29 is 29.0 Å². The van der Waals surface area contributed by atoms with E-state index < -0.39 is 59.5 Å². The lowest BCUT2D eigenvalue weighted by molar-refractivity contribution is -0.162. The van der Waals surface area contributed by atoms with Crippen molar-refractivity contribution in [1.82, 2.24) is 4.90 Å². The van der Waals surface area contributed by atoms with Crippen LogP contribution in [-0.4, -0.2) is 64.8 Å². The Morgan fingerprint density at radius 3 is 2.52 bits per heavy atom. The second-order valence-electron chi connectivity index (χ2n) is 11.1. The fourth-order valence-corrected chi connectivity index (χ4v) is 7.48. The number of amides is 2. The van der Waals surface area contributed by atoms with Crippen LogP contribution in [0, 0.1) is 11.8 Å². The van der Waals surface area contributed by atoms with Crippen molar-refractivity contribution in [1.29, 1.82) is 0 Å². The Balaban J connectivity index is 1.67. The highest BCUT2D eigenvalue weighted by Crippen LogP contribution is 2.65. The molecule has 3 saturated heterocycles. The Bertz CT molecular complexity index is 1370. The first-order valence-electron chi connectivity index (χ1n) is 14.4. The van der Waals surface area contributed by atoms with Gasteiger partial charge in [0.2, 0.25) is 5.91 Å². The van der Waals surface area contributed by atoms with Gasteiger partial charge in [0.1, 0.15) is 17.6 Å². The van der Waals surface area contributed by atoms with E-state index in [1.807, 2.05) is 37.3 Å². The van der Waals surface area contributed by atoms with Crippen LogP contribution in [0.1, 0.15) is 44.2 Å². The normalized spacial score (nSPS) is 28.3. The maximum Gasteiger partial charge on any atom is 0.312 e. The van der Waals surface area contributed by atoms with Crippen LogP contribution in [0.4, 0.5) is 5.69 Å². The molecular weight excluding hydrogens is 556 g/mol. The zero-order valence-corrected chi connectivity index (χ0v) is 24.5. The van der Waals surface area contributed by atoms with Gasteiger partial charge in [-0.25, -0.2) is 0 Å². The highest BCUT2D eigenvalue weighted by molar-refractivity contribution is 6.34. The Hall–Kier alpha value is -3.46. The van der Waals surface area contributed by atoms with Crippen LogP contribution in [0.15, 0.2) is 79.9 Å². The van der Waals surface area contributed by atoms with Crippen LogP contribution >= 0.6 is 11.6 Å². The summed E-state index contributed by atoms with van der Waals surface area (Å²) in [6.07, 6.45) is 5.10.